The van der Waals surface area contributed by atoms with Crippen molar-refractivity contribution in [1.82, 2.24) is 14.8 Å². The molecule has 138 valence electrons. The summed E-state index contributed by atoms with van der Waals surface area (Å²) in [5.41, 5.74) is 3.07. The van der Waals surface area contributed by atoms with Crippen LogP contribution in [0.25, 0.3) is 5.69 Å². The van der Waals surface area contributed by atoms with Crippen LogP contribution >= 0.6 is 0 Å². The molecule has 0 spiro atoms. The number of pyridine rings is 1. The number of amides is 1. The summed E-state index contributed by atoms with van der Waals surface area (Å²) in [5.74, 6) is -0.130. The van der Waals surface area contributed by atoms with Gasteiger partial charge in [0.15, 0.2) is 5.69 Å². The van der Waals surface area contributed by atoms with Crippen molar-refractivity contribution in [3.8, 4) is 5.69 Å². The summed E-state index contributed by atoms with van der Waals surface area (Å²) in [6, 6.07) is 15.3. The summed E-state index contributed by atoms with van der Waals surface area (Å²) in [7, 11) is 0. The summed E-state index contributed by atoms with van der Waals surface area (Å²) < 4.78 is 7.55. The molecule has 6 heteroatoms. The Kier molecular flexibility index (Phi) is 4.98. The van der Waals surface area contributed by atoms with Gasteiger partial charge in [-0.25, -0.2) is 4.68 Å². The molecule has 0 N–H and O–H groups in total. The van der Waals surface area contributed by atoms with E-state index in [0.717, 1.165) is 36.5 Å². The van der Waals surface area contributed by atoms with E-state index < -0.39 is 0 Å². The second kappa shape index (κ2) is 7.72. The van der Waals surface area contributed by atoms with Gasteiger partial charge in [0.2, 0.25) is 0 Å². The van der Waals surface area contributed by atoms with Crippen molar-refractivity contribution in [2.24, 2.45) is 0 Å². The highest BCUT2D eigenvalue weighted by Gasteiger charge is 2.26. The zero-order valence-corrected chi connectivity index (χ0v) is 15.3. The van der Waals surface area contributed by atoms with Gasteiger partial charge in [-0.05, 0) is 50.1 Å². The van der Waals surface area contributed by atoms with Gasteiger partial charge < -0.3 is 9.64 Å². The molecule has 0 radical (unpaired) electrons. The molecular weight excluding hydrogens is 340 g/mol. The molecule has 1 atom stereocenters. The van der Waals surface area contributed by atoms with Crippen molar-refractivity contribution in [2.75, 3.05) is 18.1 Å². The highest BCUT2D eigenvalue weighted by molar-refractivity contribution is 6.04. The fourth-order valence-corrected chi connectivity index (χ4v) is 3.37. The van der Waals surface area contributed by atoms with Crippen molar-refractivity contribution in [3.63, 3.8) is 0 Å². The first kappa shape index (κ1) is 17.4. The molecule has 0 aliphatic carbocycles. The molecule has 27 heavy (non-hydrogen) atoms. The maximum Gasteiger partial charge on any atom is 0.278 e. The van der Waals surface area contributed by atoms with E-state index in [2.05, 4.69) is 10.1 Å². The number of nitrogens with zero attached hydrogens (tertiary/aromatic N) is 4. The molecule has 2 aromatic heterocycles. The van der Waals surface area contributed by atoms with Crippen LogP contribution in [0.3, 0.4) is 0 Å². The molecule has 4 rings (SSSR count). The molecule has 0 bridgehead atoms. The van der Waals surface area contributed by atoms with E-state index in [4.69, 9.17) is 4.74 Å². The summed E-state index contributed by atoms with van der Waals surface area (Å²) in [5, 5.41) is 4.57. The summed E-state index contributed by atoms with van der Waals surface area (Å²) in [6.45, 7) is 3.22. The maximum atomic E-state index is 13.3. The van der Waals surface area contributed by atoms with Crippen LogP contribution in [0.5, 0.6) is 0 Å². The molecule has 1 unspecified atom stereocenters. The van der Waals surface area contributed by atoms with E-state index in [1.54, 1.807) is 22.0 Å². The number of aromatic nitrogens is 3. The highest BCUT2D eigenvalue weighted by Crippen LogP contribution is 2.21. The second-order valence-corrected chi connectivity index (χ2v) is 6.67. The van der Waals surface area contributed by atoms with E-state index in [9.17, 15) is 4.79 Å². The number of carbonyl (C=O) groups is 1. The van der Waals surface area contributed by atoms with Gasteiger partial charge in [0.1, 0.15) is 0 Å². The van der Waals surface area contributed by atoms with Crippen LogP contribution in [0.2, 0.25) is 0 Å². The summed E-state index contributed by atoms with van der Waals surface area (Å²) in [6.07, 6.45) is 5.44. The van der Waals surface area contributed by atoms with Crippen LogP contribution in [-0.2, 0) is 4.74 Å². The Morgan fingerprint density at radius 2 is 2.00 bits per heavy atom. The van der Waals surface area contributed by atoms with Crippen LogP contribution in [0.4, 0.5) is 5.69 Å². The van der Waals surface area contributed by atoms with Gasteiger partial charge in [-0.1, -0.05) is 18.2 Å². The molecular formula is C21H22N4O2. The highest BCUT2D eigenvalue weighted by atomic mass is 16.5. The largest absolute Gasteiger partial charge is 0.376 e. The van der Waals surface area contributed by atoms with Gasteiger partial charge in [0, 0.05) is 30.4 Å². The van der Waals surface area contributed by atoms with Crippen LogP contribution < -0.4 is 4.90 Å². The molecule has 6 nitrogen and oxygen atoms in total. The minimum atomic E-state index is -0.130. The number of ether oxygens (including phenoxy) is 1. The van der Waals surface area contributed by atoms with Gasteiger partial charge >= 0.3 is 0 Å². The predicted octanol–water partition coefficient (Wildman–Crippen LogP) is 3.40. The fourth-order valence-electron chi connectivity index (χ4n) is 3.37. The Hall–Kier alpha value is -2.99. The SMILES string of the molecule is Cc1cc(C(=O)N(CC2CCCO2)c2ccncc2)nn1-c1ccccc1. The van der Waals surface area contributed by atoms with Gasteiger partial charge in [-0.2, -0.15) is 5.10 Å². The number of aryl methyl sites for hydroxylation is 1. The van der Waals surface area contributed by atoms with Gasteiger partial charge in [-0.15, -0.1) is 0 Å². The van der Waals surface area contributed by atoms with Gasteiger partial charge in [-0.3, -0.25) is 9.78 Å². The molecule has 1 aromatic carbocycles. The Labute approximate surface area is 158 Å². The quantitative estimate of drug-likeness (QED) is 0.698. The zero-order valence-electron chi connectivity index (χ0n) is 15.3. The Morgan fingerprint density at radius 1 is 1.22 bits per heavy atom. The minimum Gasteiger partial charge on any atom is -0.376 e. The smallest absolute Gasteiger partial charge is 0.278 e. The topological polar surface area (TPSA) is 60.3 Å². The molecule has 1 saturated heterocycles. The van der Waals surface area contributed by atoms with Gasteiger partial charge in [0.05, 0.1) is 18.3 Å². The van der Waals surface area contributed by atoms with Crippen LogP contribution in [-0.4, -0.2) is 39.9 Å². The van der Waals surface area contributed by atoms with E-state index in [1.165, 1.54) is 0 Å². The number of rotatable bonds is 5. The fraction of sp³-hybridized carbons (Fsp3) is 0.286. The number of hydrogen-bond donors (Lipinski definition) is 0. The van der Waals surface area contributed by atoms with E-state index in [1.807, 2.05) is 55.5 Å². The molecule has 1 aliphatic rings. The number of benzene rings is 1. The Morgan fingerprint density at radius 3 is 2.70 bits per heavy atom. The van der Waals surface area contributed by atoms with Gasteiger partial charge in [0.25, 0.3) is 5.91 Å². The lowest BCUT2D eigenvalue weighted by molar-refractivity contribution is 0.0913. The average molecular weight is 362 g/mol. The van der Waals surface area contributed by atoms with Crippen LogP contribution in [0.15, 0.2) is 60.9 Å². The third kappa shape index (κ3) is 3.75. The third-order valence-corrected chi connectivity index (χ3v) is 4.74. The van der Waals surface area contributed by atoms with Crippen molar-refractivity contribution in [3.05, 3.63) is 72.3 Å². The lowest BCUT2D eigenvalue weighted by atomic mass is 10.2. The zero-order chi connectivity index (χ0) is 18.6. The number of anilines is 1. The van der Waals surface area contributed by atoms with Crippen molar-refractivity contribution in [1.29, 1.82) is 0 Å². The number of hydrogen-bond acceptors (Lipinski definition) is 4. The molecule has 1 fully saturated rings. The molecule has 0 saturated carbocycles. The van der Waals surface area contributed by atoms with Crippen LogP contribution in [0, 0.1) is 6.92 Å². The predicted molar refractivity (Wildman–Crippen MR) is 103 cm³/mol. The van der Waals surface area contributed by atoms with E-state index >= 15 is 0 Å². The minimum absolute atomic E-state index is 0.0550. The first-order valence-corrected chi connectivity index (χ1v) is 9.18. The van der Waals surface area contributed by atoms with Crippen molar-refractivity contribution < 1.29 is 9.53 Å². The number of para-hydroxylation sites is 1. The summed E-state index contributed by atoms with van der Waals surface area (Å²) >= 11 is 0. The Bertz CT molecular complexity index is 902. The lowest BCUT2D eigenvalue weighted by Crippen LogP contribution is -2.37. The first-order chi connectivity index (χ1) is 13.2. The normalized spacial score (nSPS) is 16.4. The summed E-state index contributed by atoms with van der Waals surface area (Å²) in [4.78, 5) is 19.1. The maximum absolute atomic E-state index is 13.3. The monoisotopic (exact) mass is 362 g/mol. The molecule has 3 aromatic rings. The van der Waals surface area contributed by atoms with E-state index in [0.29, 0.717) is 12.2 Å². The average Bonchev–Trinajstić information content (AvgIpc) is 3.36. The third-order valence-electron chi connectivity index (χ3n) is 4.74. The van der Waals surface area contributed by atoms with E-state index in [-0.39, 0.29) is 12.0 Å². The number of carbonyl (C=O) groups excluding carboxylic acids is 1. The first-order valence-electron chi connectivity index (χ1n) is 9.18. The molecule has 1 amide bonds. The Balaban J connectivity index is 1.65. The molecule has 3 heterocycles. The molecule has 1 aliphatic heterocycles. The standard InChI is InChI=1S/C21H22N4O2/c1-16-14-20(23-25(16)18-6-3-2-4-7-18)21(26)24(15-19-8-5-13-27-19)17-9-11-22-12-10-17/h2-4,6-7,9-12,14,19H,5,8,13,15H2,1H3. The van der Waals surface area contributed by atoms with Crippen molar-refractivity contribution >= 4 is 11.6 Å². The van der Waals surface area contributed by atoms with Crippen LogP contribution in [0.1, 0.15) is 29.0 Å². The van der Waals surface area contributed by atoms with Crippen molar-refractivity contribution in [2.45, 2.75) is 25.9 Å². The second-order valence-electron chi connectivity index (χ2n) is 6.67. The lowest BCUT2D eigenvalue weighted by Gasteiger charge is -2.24.